The second-order valence-corrected chi connectivity index (χ2v) is 7.09. The van der Waals surface area contributed by atoms with Gasteiger partial charge < -0.3 is 10.2 Å². The molecule has 6 nitrogen and oxygen atoms in total. The van der Waals surface area contributed by atoms with Crippen molar-refractivity contribution >= 4 is 33.2 Å². The van der Waals surface area contributed by atoms with E-state index in [1.165, 1.54) is 0 Å². The average Bonchev–Trinajstić information content (AvgIpc) is 3.04. The quantitative estimate of drug-likeness (QED) is 0.790. The third-order valence-electron chi connectivity index (χ3n) is 4.36. The molecule has 0 saturated carbocycles. The predicted octanol–water partition coefficient (Wildman–Crippen LogP) is 3.18. The first-order valence-electron chi connectivity index (χ1n) is 8.21. The van der Waals surface area contributed by atoms with E-state index in [0.29, 0.717) is 6.04 Å². The van der Waals surface area contributed by atoms with Crippen LogP contribution in [-0.2, 0) is 0 Å². The minimum absolute atomic E-state index is 0.436. The van der Waals surface area contributed by atoms with Crippen molar-refractivity contribution in [3.8, 4) is 0 Å². The molecule has 1 fully saturated rings. The number of rotatable bonds is 3. The second kappa shape index (κ2) is 6.32. The zero-order valence-electron chi connectivity index (χ0n) is 13.9. The Labute approximate surface area is 145 Å². The Balaban J connectivity index is 1.44. The van der Waals surface area contributed by atoms with Crippen molar-refractivity contribution in [2.75, 3.05) is 23.3 Å². The molecule has 0 aromatic carbocycles. The van der Waals surface area contributed by atoms with Gasteiger partial charge in [-0.05, 0) is 38.1 Å². The van der Waals surface area contributed by atoms with E-state index in [0.717, 1.165) is 59.3 Å². The predicted molar refractivity (Wildman–Crippen MR) is 97.8 cm³/mol. The average molecular weight is 340 g/mol. The fraction of sp³-hybridized carbons (Fsp3) is 0.412. The molecule has 0 aliphatic carbocycles. The molecule has 0 bridgehead atoms. The Bertz CT molecular complexity index is 833. The lowest BCUT2D eigenvalue weighted by atomic mass is 10.0. The summed E-state index contributed by atoms with van der Waals surface area (Å²) >= 11 is 1.69. The van der Waals surface area contributed by atoms with E-state index in [-0.39, 0.29) is 0 Å². The summed E-state index contributed by atoms with van der Waals surface area (Å²) in [7, 11) is 0. The molecule has 1 aliphatic rings. The molecule has 0 amide bonds. The number of thiophene rings is 1. The minimum atomic E-state index is 0.436. The highest BCUT2D eigenvalue weighted by molar-refractivity contribution is 7.17. The lowest BCUT2D eigenvalue weighted by Gasteiger charge is -2.33. The fourth-order valence-electron chi connectivity index (χ4n) is 3.20. The molecule has 24 heavy (non-hydrogen) atoms. The summed E-state index contributed by atoms with van der Waals surface area (Å²) < 4.78 is 1.14. The number of nitrogens with one attached hydrogen (secondary N) is 1. The maximum Gasteiger partial charge on any atom is 0.147 e. The van der Waals surface area contributed by atoms with Crippen molar-refractivity contribution in [3.63, 3.8) is 0 Å². The highest BCUT2D eigenvalue weighted by atomic mass is 32.1. The van der Waals surface area contributed by atoms with Crippen LogP contribution in [0.3, 0.4) is 0 Å². The van der Waals surface area contributed by atoms with Gasteiger partial charge in [-0.15, -0.1) is 11.3 Å². The molecule has 0 radical (unpaired) electrons. The molecule has 0 spiro atoms. The molecule has 124 valence electrons. The Hall–Kier alpha value is -2.28. The van der Waals surface area contributed by atoms with Crippen LogP contribution < -0.4 is 10.2 Å². The van der Waals surface area contributed by atoms with Gasteiger partial charge in [0.05, 0.1) is 10.2 Å². The first kappa shape index (κ1) is 15.3. The topological polar surface area (TPSA) is 66.8 Å². The van der Waals surface area contributed by atoms with Crippen molar-refractivity contribution in [1.82, 2.24) is 19.9 Å². The molecule has 0 atom stereocenters. The van der Waals surface area contributed by atoms with Crippen LogP contribution in [0.4, 0.5) is 11.6 Å². The largest absolute Gasteiger partial charge is 0.366 e. The van der Waals surface area contributed by atoms with Crippen LogP contribution in [0.5, 0.6) is 0 Å². The number of fused-ring (bicyclic) bond motifs is 1. The summed E-state index contributed by atoms with van der Waals surface area (Å²) in [6, 6.07) is 4.54. The maximum atomic E-state index is 4.58. The SMILES string of the molecule is Cc1cc(N2CCC(Nc3ncnc4ccsc34)CC2)nc(C)n1. The highest BCUT2D eigenvalue weighted by Crippen LogP contribution is 2.27. The molecular weight excluding hydrogens is 320 g/mol. The Kier molecular flexibility index (Phi) is 4.02. The van der Waals surface area contributed by atoms with Gasteiger partial charge in [-0.1, -0.05) is 0 Å². The first-order valence-corrected chi connectivity index (χ1v) is 9.09. The van der Waals surface area contributed by atoms with Crippen molar-refractivity contribution in [1.29, 1.82) is 0 Å². The monoisotopic (exact) mass is 340 g/mol. The van der Waals surface area contributed by atoms with Gasteiger partial charge in [0.15, 0.2) is 0 Å². The summed E-state index contributed by atoms with van der Waals surface area (Å²) in [5, 5.41) is 5.67. The summed E-state index contributed by atoms with van der Waals surface area (Å²) in [6.45, 7) is 5.96. The van der Waals surface area contributed by atoms with Crippen LogP contribution in [0.15, 0.2) is 23.8 Å². The van der Waals surface area contributed by atoms with E-state index >= 15 is 0 Å². The van der Waals surface area contributed by atoms with E-state index in [9.17, 15) is 0 Å². The summed E-state index contributed by atoms with van der Waals surface area (Å²) in [5.74, 6) is 2.84. The van der Waals surface area contributed by atoms with E-state index in [2.05, 4.69) is 41.6 Å². The van der Waals surface area contributed by atoms with Crippen LogP contribution in [-0.4, -0.2) is 39.1 Å². The van der Waals surface area contributed by atoms with E-state index in [1.807, 2.05) is 19.9 Å². The van der Waals surface area contributed by atoms with Gasteiger partial charge in [0.1, 0.15) is 23.8 Å². The number of nitrogens with zero attached hydrogens (tertiary/aromatic N) is 5. The van der Waals surface area contributed by atoms with Gasteiger partial charge in [-0.3, -0.25) is 0 Å². The fourth-order valence-corrected chi connectivity index (χ4v) is 4.00. The first-order chi connectivity index (χ1) is 11.7. The molecule has 1 saturated heterocycles. The van der Waals surface area contributed by atoms with Crippen LogP contribution >= 0.6 is 11.3 Å². The van der Waals surface area contributed by atoms with Gasteiger partial charge in [0.2, 0.25) is 0 Å². The summed E-state index contributed by atoms with van der Waals surface area (Å²) in [5.41, 5.74) is 2.04. The minimum Gasteiger partial charge on any atom is -0.366 e. The normalized spacial score (nSPS) is 15.8. The molecule has 3 aromatic rings. The highest BCUT2D eigenvalue weighted by Gasteiger charge is 2.21. The molecular formula is C17H20N6S. The molecule has 0 unspecified atom stereocenters. The van der Waals surface area contributed by atoms with Crippen LogP contribution in [0, 0.1) is 13.8 Å². The van der Waals surface area contributed by atoms with E-state index < -0.39 is 0 Å². The number of piperidine rings is 1. The number of aryl methyl sites for hydroxylation is 2. The number of hydrogen-bond acceptors (Lipinski definition) is 7. The lowest BCUT2D eigenvalue weighted by molar-refractivity contribution is 0.522. The molecule has 4 heterocycles. The molecule has 3 aromatic heterocycles. The molecule has 1 N–H and O–H groups in total. The van der Waals surface area contributed by atoms with Crippen molar-refractivity contribution < 1.29 is 0 Å². The molecule has 1 aliphatic heterocycles. The molecule has 4 rings (SSSR count). The van der Waals surface area contributed by atoms with Gasteiger partial charge in [0, 0.05) is 30.9 Å². The van der Waals surface area contributed by atoms with Gasteiger partial charge in [-0.25, -0.2) is 19.9 Å². The summed E-state index contributed by atoms with van der Waals surface area (Å²) in [6.07, 6.45) is 3.77. The zero-order valence-corrected chi connectivity index (χ0v) is 14.7. The van der Waals surface area contributed by atoms with E-state index in [1.54, 1.807) is 17.7 Å². The van der Waals surface area contributed by atoms with Crippen LogP contribution in [0.1, 0.15) is 24.4 Å². The third-order valence-corrected chi connectivity index (χ3v) is 5.27. The Morgan fingerprint density at radius 3 is 2.79 bits per heavy atom. The Morgan fingerprint density at radius 2 is 2.00 bits per heavy atom. The van der Waals surface area contributed by atoms with Crippen molar-refractivity contribution in [2.24, 2.45) is 0 Å². The van der Waals surface area contributed by atoms with Gasteiger partial charge in [-0.2, -0.15) is 0 Å². The maximum absolute atomic E-state index is 4.58. The van der Waals surface area contributed by atoms with Crippen LogP contribution in [0.2, 0.25) is 0 Å². The van der Waals surface area contributed by atoms with Gasteiger partial charge >= 0.3 is 0 Å². The zero-order chi connectivity index (χ0) is 16.5. The molecule has 7 heteroatoms. The van der Waals surface area contributed by atoms with Crippen molar-refractivity contribution in [2.45, 2.75) is 32.7 Å². The number of aromatic nitrogens is 4. The van der Waals surface area contributed by atoms with Gasteiger partial charge in [0.25, 0.3) is 0 Å². The van der Waals surface area contributed by atoms with Crippen LogP contribution in [0.25, 0.3) is 10.2 Å². The smallest absolute Gasteiger partial charge is 0.147 e. The number of hydrogen-bond donors (Lipinski definition) is 1. The third kappa shape index (κ3) is 3.03. The van der Waals surface area contributed by atoms with E-state index in [4.69, 9.17) is 0 Å². The summed E-state index contributed by atoms with van der Waals surface area (Å²) in [4.78, 5) is 20.0. The Morgan fingerprint density at radius 1 is 1.17 bits per heavy atom. The number of anilines is 2. The second-order valence-electron chi connectivity index (χ2n) is 6.18. The van der Waals surface area contributed by atoms with Crippen molar-refractivity contribution in [3.05, 3.63) is 35.4 Å². The lowest BCUT2D eigenvalue weighted by Crippen LogP contribution is -2.39. The standard InChI is InChI=1S/C17H20N6S/c1-11-9-15(21-12(2)20-11)23-6-3-13(4-7-23)22-17-16-14(5-8-24-16)18-10-19-17/h5,8-10,13H,3-4,6-7H2,1-2H3,(H,18,19,22).